The summed E-state index contributed by atoms with van der Waals surface area (Å²) < 4.78 is 32.7. The van der Waals surface area contributed by atoms with Gasteiger partial charge in [0.25, 0.3) is 0 Å². The van der Waals surface area contributed by atoms with Crippen LogP contribution >= 0.6 is 0 Å². The van der Waals surface area contributed by atoms with Crippen LogP contribution in [0.15, 0.2) is 0 Å². The van der Waals surface area contributed by atoms with E-state index in [0.29, 0.717) is 18.9 Å². The zero-order valence-electron chi connectivity index (χ0n) is 29.7. The average Bonchev–Trinajstić information content (AvgIpc) is 3.78. The molecule has 4 rings (SSSR count). The summed E-state index contributed by atoms with van der Waals surface area (Å²) in [6, 6.07) is 0.508. The molecule has 0 unspecified atom stereocenters. The van der Waals surface area contributed by atoms with E-state index in [0.717, 1.165) is 70.6 Å². The van der Waals surface area contributed by atoms with Gasteiger partial charge in [-0.25, -0.2) is 0 Å². The smallest absolute Gasteiger partial charge is 0.311 e. The second-order valence-electron chi connectivity index (χ2n) is 14.9. The fourth-order valence-electron chi connectivity index (χ4n) is 8.66. The maximum absolute atomic E-state index is 14.1. The molecule has 8 nitrogen and oxygen atoms in total. The molecule has 8 heteroatoms. The van der Waals surface area contributed by atoms with E-state index >= 15 is 0 Å². The van der Waals surface area contributed by atoms with E-state index in [9.17, 15) is 9.59 Å². The third-order valence-electron chi connectivity index (χ3n) is 11.5. The van der Waals surface area contributed by atoms with Gasteiger partial charge in [0.05, 0.1) is 48.5 Å². The fourth-order valence-corrected chi connectivity index (χ4v) is 8.66. The first-order valence-electron chi connectivity index (χ1n) is 18.6. The summed E-state index contributed by atoms with van der Waals surface area (Å²) >= 11 is 0. The van der Waals surface area contributed by atoms with Crippen LogP contribution in [0.1, 0.15) is 131 Å². The Morgan fingerprint density at radius 3 is 2.18 bits per heavy atom. The molecule has 4 bridgehead atoms. The van der Waals surface area contributed by atoms with Gasteiger partial charge in [-0.05, 0) is 91.6 Å². The van der Waals surface area contributed by atoms with Crippen molar-refractivity contribution in [3.05, 3.63) is 0 Å². The summed E-state index contributed by atoms with van der Waals surface area (Å²) in [5, 5.41) is 0. The molecule has 0 N–H and O–H groups in total. The molecule has 13 atom stereocenters. The molecular weight excluding hydrogens is 570 g/mol. The lowest BCUT2D eigenvalue weighted by atomic mass is 9.81. The molecule has 4 aliphatic rings. The van der Waals surface area contributed by atoms with Crippen LogP contribution in [-0.4, -0.2) is 85.8 Å². The van der Waals surface area contributed by atoms with Crippen molar-refractivity contribution in [2.24, 2.45) is 23.7 Å². The van der Waals surface area contributed by atoms with Crippen molar-refractivity contribution in [1.29, 1.82) is 0 Å². The predicted octanol–water partition coefficient (Wildman–Crippen LogP) is 7.10. The molecule has 4 saturated heterocycles. The molecule has 260 valence electrons. The molecule has 0 radical (unpaired) electrons. The first-order chi connectivity index (χ1) is 21.6. The number of ether oxygens (including phenoxy) is 5. The number of rotatable bonds is 11. The number of carbonyl (C=O) groups excluding carboxylic acids is 2. The lowest BCUT2D eigenvalue weighted by molar-refractivity contribution is -0.177. The summed E-state index contributed by atoms with van der Waals surface area (Å²) in [6.45, 7) is 12.7. The lowest BCUT2D eigenvalue weighted by Gasteiger charge is -2.38. The summed E-state index contributed by atoms with van der Waals surface area (Å²) in [5.41, 5.74) is 0. The van der Waals surface area contributed by atoms with Crippen molar-refractivity contribution in [2.75, 3.05) is 14.1 Å². The van der Waals surface area contributed by atoms with Crippen LogP contribution in [-0.2, 0) is 33.3 Å². The van der Waals surface area contributed by atoms with Crippen molar-refractivity contribution < 1.29 is 33.3 Å². The fraction of sp³-hybridized carbons (Fsp3) is 0.946. The molecule has 0 aromatic carbocycles. The van der Waals surface area contributed by atoms with Crippen LogP contribution in [0, 0.1) is 23.7 Å². The van der Waals surface area contributed by atoms with Crippen molar-refractivity contribution in [3.63, 3.8) is 0 Å². The number of hydrogen-bond acceptors (Lipinski definition) is 8. The first-order valence-corrected chi connectivity index (χ1v) is 18.6. The molecule has 45 heavy (non-hydrogen) atoms. The molecule has 0 spiro atoms. The average molecular weight is 636 g/mol. The molecule has 0 saturated carbocycles. The second-order valence-corrected chi connectivity index (χ2v) is 14.9. The maximum atomic E-state index is 14.1. The van der Waals surface area contributed by atoms with E-state index in [4.69, 9.17) is 23.7 Å². The van der Waals surface area contributed by atoms with Gasteiger partial charge in [0, 0.05) is 24.3 Å². The van der Waals surface area contributed by atoms with E-state index in [1.165, 1.54) is 6.42 Å². The number of cyclic esters (lactones) is 2. The van der Waals surface area contributed by atoms with Crippen molar-refractivity contribution in [3.8, 4) is 0 Å². The number of nitrogens with zero attached hydrogens (tertiary/aromatic N) is 1. The third kappa shape index (κ3) is 9.23. The first kappa shape index (κ1) is 36.6. The Hall–Kier alpha value is -1.22. The molecule has 0 aromatic rings. The molecule has 0 amide bonds. The number of fused-ring (bicyclic) bond motifs is 4. The Bertz CT molecular complexity index is 928. The molecule has 4 heterocycles. The Morgan fingerprint density at radius 1 is 0.778 bits per heavy atom. The van der Waals surface area contributed by atoms with E-state index in [1.807, 2.05) is 6.92 Å². The van der Waals surface area contributed by atoms with E-state index < -0.39 is 0 Å². The molecule has 0 aliphatic carbocycles. The van der Waals surface area contributed by atoms with Crippen LogP contribution in [0.4, 0.5) is 0 Å². The molecule has 4 aliphatic heterocycles. The van der Waals surface area contributed by atoms with Crippen LogP contribution in [0.2, 0.25) is 0 Å². The van der Waals surface area contributed by atoms with Crippen LogP contribution in [0.5, 0.6) is 0 Å². The highest BCUT2D eigenvalue weighted by atomic mass is 16.6. The van der Waals surface area contributed by atoms with Gasteiger partial charge >= 0.3 is 11.9 Å². The van der Waals surface area contributed by atoms with Crippen molar-refractivity contribution in [2.45, 2.75) is 186 Å². The normalized spacial score (nSPS) is 39.5. The van der Waals surface area contributed by atoms with E-state index in [1.54, 1.807) is 0 Å². The standard InChI is InChI=1S/C37H65NO7/c1-9-13-25(38(7)8)21-27-15-17-33(41-27)29(11-3)35-23(5)31-19-20-32(44-31)24(6)36(39)43-26(14-10-2)22-28-16-18-34(42-28)30(12-4)37(40)45-35/h23-35H,9-22H2,1-8H3/t23-,24-,25-,26-,27+,28+,29-,30-,31+,32-,33-,34-,35-/m1/s1. The summed E-state index contributed by atoms with van der Waals surface area (Å²) in [4.78, 5) is 29.8. The highest BCUT2D eigenvalue weighted by molar-refractivity contribution is 5.73. The van der Waals surface area contributed by atoms with Crippen LogP contribution < -0.4 is 0 Å². The highest BCUT2D eigenvalue weighted by Gasteiger charge is 2.47. The molecular formula is C37H65NO7. The van der Waals surface area contributed by atoms with E-state index in [2.05, 4.69) is 53.6 Å². The van der Waals surface area contributed by atoms with Gasteiger partial charge in [-0.15, -0.1) is 0 Å². The van der Waals surface area contributed by atoms with Crippen LogP contribution in [0.25, 0.3) is 0 Å². The van der Waals surface area contributed by atoms with Crippen LogP contribution in [0.3, 0.4) is 0 Å². The van der Waals surface area contributed by atoms with Gasteiger partial charge in [-0.3, -0.25) is 9.59 Å². The Balaban J connectivity index is 1.57. The Labute approximate surface area is 274 Å². The number of esters is 2. The Morgan fingerprint density at radius 2 is 1.51 bits per heavy atom. The van der Waals surface area contributed by atoms with Gasteiger partial charge < -0.3 is 28.6 Å². The quantitative estimate of drug-likeness (QED) is 0.222. The zero-order valence-corrected chi connectivity index (χ0v) is 29.7. The SMILES string of the molecule is CCC[C@@H]1C[C@@H]2CC[C@@H](O2)[C@@H](CC)C(=O)O[C@@H]([C@H](CC)[C@H]2CC[C@@H](C[C@@H](CCC)N(C)C)O2)[C@H](C)[C@@H]2CC[C@@H](O2)[C@@H](C)C(=O)O1. The summed E-state index contributed by atoms with van der Waals surface area (Å²) in [6.07, 6.45) is 12.0. The molecule has 0 aromatic heterocycles. The number of hydrogen-bond donors (Lipinski definition) is 0. The summed E-state index contributed by atoms with van der Waals surface area (Å²) in [5.74, 6) is -0.919. The second kappa shape index (κ2) is 17.3. The predicted molar refractivity (Wildman–Crippen MR) is 176 cm³/mol. The van der Waals surface area contributed by atoms with Gasteiger partial charge in [-0.2, -0.15) is 0 Å². The largest absolute Gasteiger partial charge is 0.462 e. The van der Waals surface area contributed by atoms with Gasteiger partial charge in [0.15, 0.2) is 0 Å². The lowest BCUT2D eigenvalue weighted by Crippen LogP contribution is -2.45. The monoisotopic (exact) mass is 635 g/mol. The third-order valence-corrected chi connectivity index (χ3v) is 11.5. The van der Waals surface area contributed by atoms with Gasteiger partial charge in [0.2, 0.25) is 0 Å². The molecule has 4 fully saturated rings. The van der Waals surface area contributed by atoms with E-state index in [-0.39, 0.29) is 84.4 Å². The highest BCUT2D eigenvalue weighted by Crippen LogP contribution is 2.41. The van der Waals surface area contributed by atoms with Gasteiger partial charge in [0.1, 0.15) is 12.2 Å². The van der Waals surface area contributed by atoms with Gasteiger partial charge in [-0.1, -0.05) is 47.5 Å². The number of carbonyl (C=O) groups is 2. The summed E-state index contributed by atoms with van der Waals surface area (Å²) in [7, 11) is 4.34. The maximum Gasteiger partial charge on any atom is 0.311 e. The minimum absolute atomic E-state index is 0.0165. The minimum atomic E-state index is -0.342. The minimum Gasteiger partial charge on any atom is -0.462 e. The zero-order chi connectivity index (χ0) is 32.7. The Kier molecular flexibility index (Phi) is 14.0. The van der Waals surface area contributed by atoms with Crippen molar-refractivity contribution in [1.82, 2.24) is 4.90 Å². The van der Waals surface area contributed by atoms with Crippen molar-refractivity contribution >= 4 is 11.9 Å². The topological polar surface area (TPSA) is 83.5 Å².